The van der Waals surface area contributed by atoms with Crippen LogP contribution in [0.5, 0.6) is 0 Å². The van der Waals surface area contributed by atoms with E-state index in [0.717, 1.165) is 0 Å². The number of methoxy groups -OCH3 is 1. The zero-order chi connectivity index (χ0) is 18.7. The molecule has 148 valence electrons. The van der Waals surface area contributed by atoms with Crippen molar-refractivity contribution in [1.29, 1.82) is 0 Å². The Morgan fingerprint density at radius 1 is 1.00 bits per heavy atom. The van der Waals surface area contributed by atoms with Gasteiger partial charge in [0.25, 0.3) is 0 Å². The third kappa shape index (κ3) is 4.46. The lowest BCUT2D eigenvalue weighted by atomic mass is 9.92. The first-order valence-corrected chi connectivity index (χ1v) is 8.03. The molecule has 10 atom stereocenters. The zero-order valence-electron chi connectivity index (χ0n) is 14.3. The second kappa shape index (κ2) is 8.97. The fourth-order valence-corrected chi connectivity index (χ4v) is 3.08. The molecule has 25 heavy (non-hydrogen) atoms. The van der Waals surface area contributed by atoms with E-state index in [9.17, 15) is 15.3 Å². The van der Waals surface area contributed by atoms with Crippen LogP contribution in [0.4, 0.5) is 0 Å². The van der Waals surface area contributed by atoms with Gasteiger partial charge in [-0.1, -0.05) is 12.0 Å². The second-order valence-corrected chi connectivity index (χ2v) is 6.36. The van der Waals surface area contributed by atoms with E-state index in [1.54, 1.807) is 13.8 Å². The van der Waals surface area contributed by atoms with E-state index < -0.39 is 55.2 Å². The molecule has 0 saturated carbocycles. The van der Waals surface area contributed by atoms with Crippen molar-refractivity contribution in [2.75, 3.05) is 13.7 Å². The van der Waals surface area contributed by atoms with E-state index in [4.69, 9.17) is 29.9 Å². The molecule has 0 amide bonds. The molecule has 0 aliphatic carbocycles. The molecule has 0 aromatic carbocycles. The first-order valence-electron chi connectivity index (χ1n) is 8.03. The van der Waals surface area contributed by atoms with Crippen molar-refractivity contribution in [2.24, 2.45) is 11.7 Å². The third-order valence-corrected chi connectivity index (χ3v) is 4.67. The highest BCUT2D eigenvalue weighted by atomic mass is 17.5. The van der Waals surface area contributed by atoms with Crippen LogP contribution in [0.2, 0.25) is 0 Å². The van der Waals surface area contributed by atoms with Gasteiger partial charge in [-0.05, 0) is 6.92 Å². The molecule has 2 aliphatic heterocycles. The summed E-state index contributed by atoms with van der Waals surface area (Å²) in [6.45, 7) is 3.07. The molecule has 6 N–H and O–H groups in total. The highest BCUT2D eigenvalue weighted by molar-refractivity contribution is 4.94. The lowest BCUT2D eigenvalue weighted by Gasteiger charge is -2.46. The quantitative estimate of drug-likeness (QED) is 0.259. The molecule has 2 heterocycles. The maximum atomic E-state index is 10.5. The molecule has 0 aromatic heterocycles. The van der Waals surface area contributed by atoms with Gasteiger partial charge >= 0.3 is 0 Å². The SMILES string of the molecule is CO[C@@H]1O[C@@H](C)[C@@H](O[C@H]2O[C@@H](COOO)[C@@H](O)[C@H](O)C2N)[C@H](O)C1C. The lowest BCUT2D eigenvalue weighted by molar-refractivity contribution is -0.498. The number of rotatable bonds is 6. The molecule has 2 unspecified atom stereocenters. The van der Waals surface area contributed by atoms with Crippen LogP contribution in [-0.2, 0) is 28.9 Å². The zero-order valence-corrected chi connectivity index (χ0v) is 14.3. The predicted molar refractivity (Wildman–Crippen MR) is 79.7 cm³/mol. The summed E-state index contributed by atoms with van der Waals surface area (Å²) in [5.41, 5.74) is 5.87. The Labute approximate surface area is 145 Å². The molecule has 0 radical (unpaired) electrons. The van der Waals surface area contributed by atoms with Crippen molar-refractivity contribution < 1.29 is 49.5 Å². The summed E-state index contributed by atoms with van der Waals surface area (Å²) in [6, 6.07) is -1.07. The maximum Gasteiger partial charge on any atom is 0.176 e. The smallest absolute Gasteiger partial charge is 0.176 e. The number of aliphatic hydroxyl groups excluding tert-OH is 3. The van der Waals surface area contributed by atoms with E-state index in [1.807, 2.05) is 0 Å². The Kier molecular flexibility index (Phi) is 7.49. The number of hydrogen-bond acceptors (Lipinski definition) is 11. The summed E-state index contributed by atoms with van der Waals surface area (Å²) in [5, 5.41) is 42.2. The average molecular weight is 369 g/mol. The van der Waals surface area contributed by atoms with E-state index in [2.05, 4.69) is 9.93 Å². The molecule has 2 rings (SSSR count). The first kappa shape index (κ1) is 20.9. The monoisotopic (exact) mass is 369 g/mol. The van der Waals surface area contributed by atoms with Crippen LogP contribution in [-0.4, -0.2) is 89.5 Å². The highest BCUT2D eigenvalue weighted by Gasteiger charge is 2.48. The minimum atomic E-state index is -1.37. The summed E-state index contributed by atoms with van der Waals surface area (Å²) >= 11 is 0. The van der Waals surface area contributed by atoms with Gasteiger partial charge < -0.3 is 40.0 Å². The standard InChI is InChI=1S/C14H27NO10/c1-5-9(16)12(6(2)22-13(5)20-3)24-14-8(15)11(18)10(17)7(23-14)4-21-25-19/h5-14,16-19H,4,15H2,1-3H3/t5?,6-,7-,8?,9+,10+,11+,12+,13+,14+/m0/s1. The number of hydrogen-bond donors (Lipinski definition) is 5. The topological polar surface area (TPSA) is 162 Å². The van der Waals surface area contributed by atoms with Crippen molar-refractivity contribution in [3.05, 3.63) is 0 Å². The molecule has 11 heteroatoms. The largest absolute Gasteiger partial charge is 0.390 e. The molecular weight excluding hydrogens is 342 g/mol. The summed E-state index contributed by atoms with van der Waals surface area (Å²) in [7, 11) is 1.48. The van der Waals surface area contributed by atoms with Crippen LogP contribution in [0.1, 0.15) is 13.8 Å². The second-order valence-electron chi connectivity index (χ2n) is 6.36. The van der Waals surface area contributed by atoms with Crippen LogP contribution < -0.4 is 5.73 Å². The first-order chi connectivity index (χ1) is 11.8. The van der Waals surface area contributed by atoms with Gasteiger partial charge in [0.15, 0.2) is 12.6 Å². The average Bonchev–Trinajstić information content (AvgIpc) is 2.60. The predicted octanol–water partition coefficient (Wildman–Crippen LogP) is -2.04. The fourth-order valence-electron chi connectivity index (χ4n) is 3.08. The van der Waals surface area contributed by atoms with Gasteiger partial charge in [0, 0.05) is 13.0 Å². The molecular formula is C14H27NO10. The Morgan fingerprint density at radius 2 is 1.68 bits per heavy atom. The highest BCUT2D eigenvalue weighted by Crippen LogP contribution is 2.31. The van der Waals surface area contributed by atoms with Gasteiger partial charge in [-0.15, -0.1) is 0 Å². The van der Waals surface area contributed by atoms with Gasteiger partial charge in [0.05, 0.1) is 18.2 Å². The van der Waals surface area contributed by atoms with Crippen molar-refractivity contribution in [2.45, 2.75) is 69.1 Å². The Morgan fingerprint density at radius 3 is 2.28 bits per heavy atom. The van der Waals surface area contributed by atoms with Gasteiger partial charge in [0.1, 0.15) is 31.0 Å². The molecule has 2 saturated heterocycles. The third-order valence-electron chi connectivity index (χ3n) is 4.67. The van der Waals surface area contributed by atoms with Gasteiger partial charge in [0.2, 0.25) is 0 Å². The summed E-state index contributed by atoms with van der Waals surface area (Å²) in [6.07, 6.45) is -7.79. The number of ether oxygens (including phenoxy) is 4. The van der Waals surface area contributed by atoms with E-state index in [1.165, 1.54) is 7.11 Å². The summed E-state index contributed by atoms with van der Waals surface area (Å²) in [5.74, 6) is -0.372. The van der Waals surface area contributed by atoms with Crippen LogP contribution >= 0.6 is 0 Å². The molecule has 11 nitrogen and oxygen atoms in total. The molecule has 0 spiro atoms. The summed E-state index contributed by atoms with van der Waals surface area (Å²) in [4.78, 5) is 4.33. The Balaban J connectivity index is 2.06. The number of aliphatic hydroxyl groups is 3. The molecule has 0 bridgehead atoms. The van der Waals surface area contributed by atoms with Crippen molar-refractivity contribution in [1.82, 2.24) is 0 Å². The normalized spacial score (nSPS) is 48.5. The fraction of sp³-hybridized carbons (Fsp3) is 1.00. The van der Waals surface area contributed by atoms with Crippen LogP contribution in [0.15, 0.2) is 0 Å². The van der Waals surface area contributed by atoms with E-state index in [0.29, 0.717) is 0 Å². The Hall–Kier alpha value is -0.440. The van der Waals surface area contributed by atoms with E-state index >= 15 is 0 Å². The minimum absolute atomic E-state index is 0.372. The van der Waals surface area contributed by atoms with Crippen LogP contribution in [0.25, 0.3) is 0 Å². The molecule has 2 fully saturated rings. The van der Waals surface area contributed by atoms with Crippen molar-refractivity contribution in [3.63, 3.8) is 0 Å². The van der Waals surface area contributed by atoms with Crippen molar-refractivity contribution >= 4 is 0 Å². The van der Waals surface area contributed by atoms with E-state index in [-0.39, 0.29) is 12.5 Å². The maximum absolute atomic E-state index is 10.5. The minimum Gasteiger partial charge on any atom is -0.390 e. The lowest BCUT2D eigenvalue weighted by Crippen LogP contribution is -2.65. The molecule has 0 aromatic rings. The van der Waals surface area contributed by atoms with Gasteiger partial charge in [-0.3, -0.25) is 0 Å². The molecule has 2 aliphatic rings. The summed E-state index contributed by atoms with van der Waals surface area (Å²) < 4.78 is 22.1. The van der Waals surface area contributed by atoms with Gasteiger partial charge in [-0.2, -0.15) is 0 Å². The Bertz CT molecular complexity index is 415. The van der Waals surface area contributed by atoms with Crippen molar-refractivity contribution in [3.8, 4) is 0 Å². The van der Waals surface area contributed by atoms with Crippen LogP contribution in [0.3, 0.4) is 0 Å². The number of nitrogens with two attached hydrogens (primary N) is 1. The van der Waals surface area contributed by atoms with Crippen LogP contribution in [0, 0.1) is 5.92 Å². The van der Waals surface area contributed by atoms with Gasteiger partial charge in [-0.25, -0.2) is 10.1 Å².